The Balaban J connectivity index is 1.97. The highest BCUT2D eigenvalue weighted by molar-refractivity contribution is 7.80. The molecule has 1 aromatic rings. The molecule has 1 saturated heterocycles. The van der Waals surface area contributed by atoms with E-state index in [-0.39, 0.29) is 0 Å². The molecule has 0 saturated carbocycles. The van der Waals surface area contributed by atoms with Crippen LogP contribution >= 0.6 is 12.2 Å². The van der Waals surface area contributed by atoms with Crippen LogP contribution in [0.4, 0.5) is 5.69 Å². The van der Waals surface area contributed by atoms with Gasteiger partial charge in [-0.2, -0.15) is 0 Å². The van der Waals surface area contributed by atoms with Crippen LogP contribution in [0.5, 0.6) is 11.5 Å². The van der Waals surface area contributed by atoms with E-state index in [1.54, 1.807) is 14.2 Å². The van der Waals surface area contributed by atoms with Gasteiger partial charge in [0.2, 0.25) is 0 Å². The lowest BCUT2D eigenvalue weighted by molar-refractivity contribution is 0.184. The molecule has 1 aliphatic rings. The van der Waals surface area contributed by atoms with E-state index in [1.165, 1.54) is 6.42 Å². The zero-order chi connectivity index (χ0) is 15.9. The second-order valence-electron chi connectivity index (χ2n) is 5.33. The van der Waals surface area contributed by atoms with Crippen molar-refractivity contribution in [3.8, 4) is 11.5 Å². The van der Waals surface area contributed by atoms with Gasteiger partial charge in [0.25, 0.3) is 0 Å². The maximum atomic E-state index is 5.55. The summed E-state index contributed by atoms with van der Waals surface area (Å²) in [5.41, 5.74) is 0.836. The summed E-state index contributed by atoms with van der Waals surface area (Å²) in [6, 6.07) is 5.65. The third-order valence-corrected chi connectivity index (χ3v) is 4.21. The number of piperazine rings is 1. The lowest BCUT2D eigenvalue weighted by Gasteiger charge is -2.36. The highest BCUT2D eigenvalue weighted by Gasteiger charge is 2.19. The van der Waals surface area contributed by atoms with E-state index in [9.17, 15) is 0 Å². The van der Waals surface area contributed by atoms with Crippen molar-refractivity contribution in [2.75, 3.05) is 52.3 Å². The Hall–Kier alpha value is -1.53. The van der Waals surface area contributed by atoms with Gasteiger partial charge in [-0.1, -0.05) is 6.92 Å². The number of rotatable bonds is 5. The van der Waals surface area contributed by atoms with Crippen molar-refractivity contribution in [1.29, 1.82) is 0 Å². The molecule has 2 rings (SSSR count). The Morgan fingerprint density at radius 1 is 1.18 bits per heavy atom. The minimum atomic E-state index is 0.739. The molecule has 0 unspecified atom stereocenters. The largest absolute Gasteiger partial charge is 0.497 e. The molecule has 0 radical (unpaired) electrons. The first-order valence-electron chi connectivity index (χ1n) is 7.68. The van der Waals surface area contributed by atoms with E-state index < -0.39 is 0 Å². The molecule has 1 N–H and O–H groups in total. The van der Waals surface area contributed by atoms with Crippen molar-refractivity contribution >= 4 is 23.0 Å². The molecule has 0 atom stereocenters. The van der Waals surface area contributed by atoms with Crippen LogP contribution in [0, 0.1) is 0 Å². The molecular formula is C16H25N3O2S. The summed E-state index contributed by atoms with van der Waals surface area (Å²) in [5.74, 6) is 1.53. The number of thiocarbonyl (C=S) groups is 1. The van der Waals surface area contributed by atoms with Crippen LogP contribution in [-0.4, -0.2) is 61.9 Å². The van der Waals surface area contributed by atoms with E-state index in [1.807, 2.05) is 18.2 Å². The number of hydrogen-bond acceptors (Lipinski definition) is 4. The highest BCUT2D eigenvalue weighted by atomic mass is 32.1. The van der Waals surface area contributed by atoms with Crippen LogP contribution in [0.1, 0.15) is 13.3 Å². The SMILES string of the molecule is CCCN1CCN(C(=S)Nc2cc(OC)ccc2OC)CC1. The standard InChI is InChI=1S/C16H25N3O2S/c1-4-7-18-8-10-19(11-9-18)16(22)17-14-12-13(20-2)5-6-15(14)21-3/h5-6,12H,4,7-11H2,1-3H3,(H,17,22). The predicted octanol–water partition coefficient (Wildman–Crippen LogP) is 2.43. The summed E-state index contributed by atoms with van der Waals surface area (Å²) < 4.78 is 10.6. The summed E-state index contributed by atoms with van der Waals surface area (Å²) in [5, 5.41) is 4.03. The van der Waals surface area contributed by atoms with Gasteiger partial charge in [0, 0.05) is 32.2 Å². The van der Waals surface area contributed by atoms with Gasteiger partial charge in [0.15, 0.2) is 5.11 Å². The number of benzene rings is 1. The van der Waals surface area contributed by atoms with Gasteiger partial charge in [0.05, 0.1) is 19.9 Å². The van der Waals surface area contributed by atoms with Crippen molar-refractivity contribution in [3.05, 3.63) is 18.2 Å². The number of hydrogen-bond donors (Lipinski definition) is 1. The van der Waals surface area contributed by atoms with Crippen molar-refractivity contribution in [2.45, 2.75) is 13.3 Å². The zero-order valence-corrected chi connectivity index (χ0v) is 14.4. The minimum absolute atomic E-state index is 0.739. The summed E-state index contributed by atoms with van der Waals surface area (Å²) in [4.78, 5) is 4.69. The number of methoxy groups -OCH3 is 2. The number of nitrogens with one attached hydrogen (secondary N) is 1. The molecule has 0 aromatic heterocycles. The van der Waals surface area contributed by atoms with E-state index in [0.29, 0.717) is 0 Å². The fourth-order valence-corrected chi connectivity index (χ4v) is 2.89. The van der Waals surface area contributed by atoms with E-state index in [4.69, 9.17) is 21.7 Å². The number of anilines is 1. The van der Waals surface area contributed by atoms with E-state index >= 15 is 0 Å². The van der Waals surface area contributed by atoms with E-state index in [2.05, 4.69) is 22.0 Å². The third-order valence-electron chi connectivity index (χ3n) is 3.85. The zero-order valence-electron chi connectivity index (χ0n) is 13.6. The average Bonchev–Trinajstić information content (AvgIpc) is 2.55. The molecular weight excluding hydrogens is 298 g/mol. The quantitative estimate of drug-likeness (QED) is 0.839. The van der Waals surface area contributed by atoms with Crippen LogP contribution in [0.25, 0.3) is 0 Å². The Kier molecular flexibility index (Phi) is 6.27. The summed E-state index contributed by atoms with van der Waals surface area (Å²) in [7, 11) is 3.30. The summed E-state index contributed by atoms with van der Waals surface area (Å²) in [6.45, 7) is 7.41. The Morgan fingerprint density at radius 3 is 2.50 bits per heavy atom. The predicted molar refractivity (Wildman–Crippen MR) is 94.1 cm³/mol. The lowest BCUT2D eigenvalue weighted by Crippen LogP contribution is -2.50. The lowest BCUT2D eigenvalue weighted by atomic mass is 10.2. The van der Waals surface area contributed by atoms with Crippen molar-refractivity contribution in [2.24, 2.45) is 0 Å². The highest BCUT2D eigenvalue weighted by Crippen LogP contribution is 2.29. The Bertz CT molecular complexity index is 502. The monoisotopic (exact) mass is 323 g/mol. The summed E-state index contributed by atoms with van der Waals surface area (Å²) >= 11 is 5.55. The molecule has 1 aromatic carbocycles. The third kappa shape index (κ3) is 4.24. The van der Waals surface area contributed by atoms with Gasteiger partial charge in [-0.15, -0.1) is 0 Å². The molecule has 122 valence electrons. The second kappa shape index (κ2) is 8.19. The number of ether oxygens (including phenoxy) is 2. The van der Waals surface area contributed by atoms with Gasteiger partial charge in [-0.05, 0) is 37.3 Å². The van der Waals surface area contributed by atoms with E-state index in [0.717, 1.165) is 55.0 Å². The van der Waals surface area contributed by atoms with Crippen molar-refractivity contribution in [1.82, 2.24) is 9.80 Å². The first kappa shape index (κ1) is 16.8. The van der Waals surface area contributed by atoms with Crippen LogP contribution in [-0.2, 0) is 0 Å². The topological polar surface area (TPSA) is 37.0 Å². The van der Waals surface area contributed by atoms with Gasteiger partial charge >= 0.3 is 0 Å². The molecule has 0 amide bonds. The fraction of sp³-hybridized carbons (Fsp3) is 0.562. The fourth-order valence-electron chi connectivity index (χ4n) is 2.60. The van der Waals surface area contributed by atoms with Gasteiger partial charge in [-0.25, -0.2) is 0 Å². The van der Waals surface area contributed by atoms with Gasteiger partial charge < -0.3 is 19.7 Å². The van der Waals surface area contributed by atoms with Crippen LogP contribution < -0.4 is 14.8 Å². The Morgan fingerprint density at radius 2 is 1.91 bits per heavy atom. The maximum absolute atomic E-state index is 5.55. The molecule has 1 heterocycles. The molecule has 0 bridgehead atoms. The minimum Gasteiger partial charge on any atom is -0.497 e. The summed E-state index contributed by atoms with van der Waals surface area (Å²) in [6.07, 6.45) is 1.20. The molecule has 0 aliphatic carbocycles. The molecule has 6 heteroatoms. The number of nitrogens with zero attached hydrogens (tertiary/aromatic N) is 2. The molecule has 1 fully saturated rings. The van der Waals surface area contributed by atoms with Crippen LogP contribution in [0.3, 0.4) is 0 Å². The van der Waals surface area contributed by atoms with Gasteiger partial charge in [0.1, 0.15) is 11.5 Å². The van der Waals surface area contributed by atoms with Crippen molar-refractivity contribution in [3.63, 3.8) is 0 Å². The Labute approximate surface area is 138 Å². The van der Waals surface area contributed by atoms with Crippen LogP contribution in [0.15, 0.2) is 18.2 Å². The average molecular weight is 323 g/mol. The molecule has 22 heavy (non-hydrogen) atoms. The molecule has 1 aliphatic heterocycles. The normalized spacial score (nSPS) is 15.5. The van der Waals surface area contributed by atoms with Crippen LogP contribution in [0.2, 0.25) is 0 Å². The smallest absolute Gasteiger partial charge is 0.173 e. The molecule has 0 spiro atoms. The maximum Gasteiger partial charge on any atom is 0.173 e. The second-order valence-corrected chi connectivity index (χ2v) is 5.71. The van der Waals surface area contributed by atoms with Gasteiger partial charge in [-0.3, -0.25) is 4.90 Å². The molecule has 5 nitrogen and oxygen atoms in total. The first-order valence-corrected chi connectivity index (χ1v) is 8.09. The van der Waals surface area contributed by atoms with Crippen molar-refractivity contribution < 1.29 is 9.47 Å². The first-order chi connectivity index (χ1) is 10.7.